The van der Waals surface area contributed by atoms with Crippen LogP contribution in [0.4, 0.5) is 4.39 Å². The van der Waals surface area contributed by atoms with Gasteiger partial charge in [-0.3, -0.25) is 14.6 Å². The molecule has 120 valence electrons. The minimum Gasteiger partial charge on any atom is -0.352 e. The van der Waals surface area contributed by atoms with Crippen molar-refractivity contribution >= 4 is 11.8 Å². The van der Waals surface area contributed by atoms with E-state index in [1.54, 1.807) is 25.3 Å². The van der Waals surface area contributed by atoms with Gasteiger partial charge in [0.2, 0.25) is 5.91 Å². The van der Waals surface area contributed by atoms with Gasteiger partial charge in [0.15, 0.2) is 0 Å². The number of benzene rings is 1. The summed E-state index contributed by atoms with van der Waals surface area (Å²) < 4.78 is 13.3. The zero-order chi connectivity index (χ0) is 16.7. The van der Waals surface area contributed by atoms with Crippen LogP contribution in [-0.4, -0.2) is 23.3 Å². The van der Waals surface area contributed by atoms with E-state index in [0.29, 0.717) is 12.1 Å². The van der Waals surface area contributed by atoms with Crippen LogP contribution >= 0.6 is 0 Å². The van der Waals surface area contributed by atoms with Crippen LogP contribution < -0.4 is 10.6 Å². The third kappa shape index (κ3) is 5.50. The normalized spacial score (nSPS) is 10.2. The van der Waals surface area contributed by atoms with Crippen LogP contribution in [0.5, 0.6) is 0 Å². The molecule has 0 radical (unpaired) electrons. The fraction of sp³-hybridized carbons (Fsp3) is 0.235. The number of carbonyl (C=O) groups excluding carboxylic acids is 2. The van der Waals surface area contributed by atoms with Gasteiger partial charge < -0.3 is 10.6 Å². The van der Waals surface area contributed by atoms with Gasteiger partial charge >= 0.3 is 0 Å². The Kier molecular flexibility index (Phi) is 5.80. The standard InChI is InChI=1S/C17H18FN3O2/c1-12-8-13(10-14(18)9-12)17(23)20-7-5-16(22)21-11-15-4-2-3-6-19-15/h2-4,6,8-10H,5,7,11H2,1H3,(H,20,23)(H,21,22). The van der Waals surface area contributed by atoms with Crippen molar-refractivity contribution in [3.63, 3.8) is 0 Å². The van der Waals surface area contributed by atoms with Gasteiger partial charge in [0.1, 0.15) is 5.82 Å². The Bertz CT molecular complexity index is 669. The van der Waals surface area contributed by atoms with Crippen LogP contribution in [0.25, 0.3) is 0 Å². The van der Waals surface area contributed by atoms with Gasteiger partial charge in [0, 0.05) is 24.7 Å². The molecule has 2 aromatic rings. The van der Waals surface area contributed by atoms with Gasteiger partial charge in [-0.05, 0) is 42.8 Å². The first-order valence-corrected chi connectivity index (χ1v) is 7.26. The van der Waals surface area contributed by atoms with Crippen molar-refractivity contribution in [2.75, 3.05) is 6.54 Å². The van der Waals surface area contributed by atoms with Crippen molar-refractivity contribution in [2.45, 2.75) is 19.9 Å². The van der Waals surface area contributed by atoms with Gasteiger partial charge in [-0.2, -0.15) is 0 Å². The second-order valence-corrected chi connectivity index (χ2v) is 5.12. The predicted octanol–water partition coefficient (Wildman–Crippen LogP) is 1.97. The van der Waals surface area contributed by atoms with Gasteiger partial charge in [0.25, 0.3) is 5.91 Å². The number of carbonyl (C=O) groups is 2. The Morgan fingerprint density at radius 2 is 2.00 bits per heavy atom. The SMILES string of the molecule is Cc1cc(F)cc(C(=O)NCCC(=O)NCc2ccccn2)c1. The topological polar surface area (TPSA) is 71.1 Å². The molecule has 1 aromatic heterocycles. The first kappa shape index (κ1) is 16.6. The maximum Gasteiger partial charge on any atom is 0.251 e. The Morgan fingerprint density at radius 1 is 1.17 bits per heavy atom. The number of amides is 2. The average Bonchev–Trinajstić information content (AvgIpc) is 2.53. The highest BCUT2D eigenvalue weighted by atomic mass is 19.1. The summed E-state index contributed by atoms with van der Waals surface area (Å²) in [7, 11) is 0. The van der Waals surface area contributed by atoms with Crippen molar-refractivity contribution in [3.8, 4) is 0 Å². The van der Waals surface area contributed by atoms with Crippen LogP contribution in [0.1, 0.15) is 28.0 Å². The van der Waals surface area contributed by atoms with Crippen molar-refractivity contribution in [1.29, 1.82) is 0 Å². The summed E-state index contributed by atoms with van der Waals surface area (Å²) in [6, 6.07) is 9.57. The van der Waals surface area contributed by atoms with E-state index in [4.69, 9.17) is 0 Å². The van der Waals surface area contributed by atoms with Crippen molar-refractivity contribution in [3.05, 3.63) is 65.2 Å². The van der Waals surface area contributed by atoms with Gasteiger partial charge in [-0.1, -0.05) is 6.07 Å². The fourth-order valence-electron chi connectivity index (χ4n) is 2.04. The highest BCUT2D eigenvalue weighted by Crippen LogP contribution is 2.08. The highest BCUT2D eigenvalue weighted by Gasteiger charge is 2.08. The number of nitrogens with one attached hydrogen (secondary N) is 2. The number of nitrogens with zero attached hydrogens (tertiary/aromatic N) is 1. The summed E-state index contributed by atoms with van der Waals surface area (Å²) in [5.41, 5.74) is 1.68. The quantitative estimate of drug-likeness (QED) is 0.856. The number of hydrogen-bond acceptors (Lipinski definition) is 3. The molecule has 2 N–H and O–H groups in total. The summed E-state index contributed by atoms with van der Waals surface area (Å²) in [6.07, 6.45) is 1.80. The minimum absolute atomic E-state index is 0.146. The first-order valence-electron chi connectivity index (χ1n) is 7.26. The van der Waals surface area contributed by atoms with Crippen LogP contribution in [0.2, 0.25) is 0 Å². The summed E-state index contributed by atoms with van der Waals surface area (Å²) in [5, 5.41) is 5.32. The maximum absolute atomic E-state index is 13.3. The van der Waals surface area contributed by atoms with Crippen molar-refractivity contribution < 1.29 is 14.0 Å². The number of pyridine rings is 1. The molecule has 0 unspecified atom stereocenters. The molecule has 6 heteroatoms. The van der Waals surface area contributed by atoms with E-state index in [1.165, 1.54) is 12.1 Å². The molecule has 23 heavy (non-hydrogen) atoms. The van der Waals surface area contributed by atoms with Crippen molar-refractivity contribution in [2.24, 2.45) is 0 Å². The lowest BCUT2D eigenvalue weighted by Crippen LogP contribution is -2.30. The summed E-state index contributed by atoms with van der Waals surface area (Å²) >= 11 is 0. The van der Waals surface area contributed by atoms with Crippen LogP contribution in [-0.2, 0) is 11.3 Å². The van der Waals surface area contributed by atoms with E-state index in [9.17, 15) is 14.0 Å². The molecule has 2 rings (SSSR count). The second-order valence-electron chi connectivity index (χ2n) is 5.12. The fourth-order valence-corrected chi connectivity index (χ4v) is 2.04. The lowest BCUT2D eigenvalue weighted by molar-refractivity contribution is -0.121. The molecule has 0 atom stereocenters. The monoisotopic (exact) mass is 315 g/mol. The maximum atomic E-state index is 13.3. The molecule has 0 spiro atoms. The van der Waals surface area contributed by atoms with Gasteiger partial charge in [-0.15, -0.1) is 0 Å². The number of rotatable bonds is 6. The smallest absolute Gasteiger partial charge is 0.251 e. The molecule has 0 aliphatic heterocycles. The van der Waals surface area contributed by atoms with Crippen LogP contribution in [0, 0.1) is 12.7 Å². The Morgan fingerprint density at radius 3 is 2.70 bits per heavy atom. The van der Waals surface area contributed by atoms with E-state index in [0.717, 1.165) is 5.69 Å². The molecule has 0 bridgehead atoms. The molecule has 0 aliphatic rings. The van der Waals surface area contributed by atoms with E-state index in [-0.39, 0.29) is 24.4 Å². The lowest BCUT2D eigenvalue weighted by atomic mass is 10.1. The average molecular weight is 315 g/mol. The molecule has 0 saturated heterocycles. The Labute approximate surface area is 133 Å². The van der Waals surface area contributed by atoms with Gasteiger partial charge in [0.05, 0.1) is 12.2 Å². The third-order valence-corrected chi connectivity index (χ3v) is 3.13. The zero-order valence-corrected chi connectivity index (χ0v) is 12.8. The van der Waals surface area contributed by atoms with Crippen LogP contribution in [0.15, 0.2) is 42.6 Å². The third-order valence-electron chi connectivity index (χ3n) is 3.13. The molecule has 0 fully saturated rings. The Hall–Kier alpha value is -2.76. The van der Waals surface area contributed by atoms with Gasteiger partial charge in [-0.25, -0.2) is 4.39 Å². The molecule has 5 nitrogen and oxygen atoms in total. The number of aryl methyl sites for hydroxylation is 1. The summed E-state index contributed by atoms with van der Waals surface area (Å²) in [5.74, 6) is -1.04. The summed E-state index contributed by atoms with van der Waals surface area (Å²) in [4.78, 5) is 27.7. The van der Waals surface area contributed by atoms with Crippen molar-refractivity contribution in [1.82, 2.24) is 15.6 Å². The second kappa shape index (κ2) is 8.03. The van der Waals surface area contributed by atoms with E-state index < -0.39 is 11.7 Å². The number of hydrogen-bond donors (Lipinski definition) is 2. The zero-order valence-electron chi connectivity index (χ0n) is 12.8. The molecule has 2 amide bonds. The predicted molar refractivity (Wildman–Crippen MR) is 84.2 cm³/mol. The van der Waals surface area contributed by atoms with E-state index >= 15 is 0 Å². The largest absolute Gasteiger partial charge is 0.352 e. The first-order chi connectivity index (χ1) is 11.0. The van der Waals surface area contributed by atoms with E-state index in [2.05, 4.69) is 15.6 Å². The van der Waals surface area contributed by atoms with E-state index in [1.807, 2.05) is 12.1 Å². The molecule has 1 heterocycles. The number of aromatic nitrogens is 1. The summed E-state index contributed by atoms with van der Waals surface area (Å²) in [6.45, 7) is 2.24. The molecule has 1 aromatic carbocycles. The molecule has 0 saturated carbocycles. The van der Waals surface area contributed by atoms with Crippen LogP contribution in [0.3, 0.4) is 0 Å². The highest BCUT2D eigenvalue weighted by molar-refractivity contribution is 5.94. The molecule has 0 aliphatic carbocycles. The minimum atomic E-state index is -0.455. The lowest BCUT2D eigenvalue weighted by Gasteiger charge is -2.07. The Balaban J connectivity index is 1.73. The molecular weight excluding hydrogens is 297 g/mol. The number of halogens is 1. The molecular formula is C17H18FN3O2.